The van der Waals surface area contributed by atoms with Gasteiger partial charge in [-0.15, -0.1) is 0 Å². The summed E-state index contributed by atoms with van der Waals surface area (Å²) in [4.78, 5) is 24.2. The highest BCUT2D eigenvalue weighted by Crippen LogP contribution is 2.19. The van der Waals surface area contributed by atoms with Gasteiger partial charge in [-0.05, 0) is 24.6 Å². The second-order valence-electron chi connectivity index (χ2n) is 5.98. The fraction of sp³-hybridized carbons (Fsp3) is 0.500. The Balaban J connectivity index is 1.86. The molecule has 1 heterocycles. The summed E-state index contributed by atoms with van der Waals surface area (Å²) in [7, 11) is -3.70. The Kier molecular flexibility index (Phi) is 6.38. The van der Waals surface area contributed by atoms with Crippen LogP contribution in [0.4, 0.5) is 5.69 Å². The first-order chi connectivity index (χ1) is 11.8. The lowest BCUT2D eigenvalue weighted by molar-refractivity contribution is -0.136. The number of rotatable bonds is 7. The summed E-state index contributed by atoms with van der Waals surface area (Å²) in [6, 6.07) is 8.02. The molecule has 25 heavy (non-hydrogen) atoms. The Morgan fingerprint density at radius 3 is 2.48 bits per heavy atom. The average molecular weight is 369 g/mol. The number of hydrogen-bond acceptors (Lipinski definition) is 5. The number of hydrogen-bond donors (Lipinski definition) is 2. The van der Waals surface area contributed by atoms with Gasteiger partial charge in [0.25, 0.3) is 0 Å². The molecule has 0 atom stereocenters. The molecule has 0 bridgehead atoms. The molecular formula is C16H23N3O5S. The monoisotopic (exact) mass is 369 g/mol. The number of aliphatic carboxylic acids is 1. The van der Waals surface area contributed by atoms with Crippen LogP contribution < -0.4 is 10.2 Å². The van der Waals surface area contributed by atoms with Crippen LogP contribution in [0.1, 0.15) is 12.0 Å². The first kappa shape index (κ1) is 19.2. The number of piperazine rings is 1. The third-order valence-corrected chi connectivity index (χ3v) is 5.75. The highest BCUT2D eigenvalue weighted by atomic mass is 32.2. The van der Waals surface area contributed by atoms with E-state index in [9.17, 15) is 18.0 Å². The minimum Gasteiger partial charge on any atom is -0.481 e. The molecule has 1 aliphatic rings. The quantitative estimate of drug-likeness (QED) is 0.703. The third kappa shape index (κ3) is 5.71. The van der Waals surface area contributed by atoms with Crippen LogP contribution in [-0.2, 0) is 19.6 Å². The van der Waals surface area contributed by atoms with Crippen molar-refractivity contribution >= 4 is 27.6 Å². The zero-order valence-electron chi connectivity index (χ0n) is 14.1. The number of sulfonamides is 1. The Labute approximate surface area is 147 Å². The molecule has 1 fully saturated rings. The summed E-state index contributed by atoms with van der Waals surface area (Å²) in [5, 5.41) is 10.8. The van der Waals surface area contributed by atoms with Crippen LogP contribution in [0.25, 0.3) is 0 Å². The number of benzene rings is 1. The van der Waals surface area contributed by atoms with E-state index in [0.29, 0.717) is 26.2 Å². The molecule has 0 aromatic heterocycles. The van der Waals surface area contributed by atoms with Gasteiger partial charge < -0.3 is 15.3 Å². The van der Waals surface area contributed by atoms with Crippen LogP contribution >= 0.6 is 0 Å². The van der Waals surface area contributed by atoms with Gasteiger partial charge in [0.2, 0.25) is 15.9 Å². The molecule has 1 aromatic carbocycles. The number of nitrogens with one attached hydrogen (secondary N) is 1. The van der Waals surface area contributed by atoms with E-state index in [1.807, 2.05) is 25.1 Å². The summed E-state index contributed by atoms with van der Waals surface area (Å²) < 4.78 is 26.0. The Morgan fingerprint density at radius 2 is 1.88 bits per heavy atom. The van der Waals surface area contributed by atoms with Gasteiger partial charge in [0.1, 0.15) is 5.75 Å². The first-order valence-electron chi connectivity index (χ1n) is 8.06. The fourth-order valence-electron chi connectivity index (χ4n) is 2.67. The molecule has 138 valence electrons. The van der Waals surface area contributed by atoms with Gasteiger partial charge in [0.05, 0.1) is 6.42 Å². The highest BCUT2D eigenvalue weighted by molar-refractivity contribution is 7.89. The SMILES string of the molecule is Cc1cccc(N2CCN(S(=O)(=O)CC(=O)NCCC(=O)O)CC2)c1. The zero-order chi connectivity index (χ0) is 18.4. The standard InChI is InChI=1S/C16H23N3O5S/c1-13-3-2-4-14(11-13)18-7-9-19(10-8-18)25(23,24)12-15(20)17-6-5-16(21)22/h2-4,11H,5-10,12H2,1H3,(H,17,20)(H,21,22). The fourth-order valence-corrected chi connectivity index (χ4v) is 4.00. The summed E-state index contributed by atoms with van der Waals surface area (Å²) in [5.41, 5.74) is 2.20. The summed E-state index contributed by atoms with van der Waals surface area (Å²) in [5.74, 6) is -2.38. The van der Waals surface area contributed by atoms with Crippen LogP contribution in [0.3, 0.4) is 0 Å². The van der Waals surface area contributed by atoms with Gasteiger partial charge in [-0.1, -0.05) is 12.1 Å². The maximum atomic E-state index is 12.3. The minimum atomic E-state index is -3.70. The van der Waals surface area contributed by atoms with Crippen molar-refractivity contribution in [3.63, 3.8) is 0 Å². The van der Waals surface area contributed by atoms with Gasteiger partial charge in [0.15, 0.2) is 0 Å². The number of carbonyl (C=O) groups excluding carboxylic acids is 1. The van der Waals surface area contributed by atoms with E-state index in [-0.39, 0.29) is 13.0 Å². The van der Waals surface area contributed by atoms with E-state index in [1.54, 1.807) is 0 Å². The summed E-state index contributed by atoms with van der Waals surface area (Å²) in [6.07, 6.45) is -0.235. The van der Waals surface area contributed by atoms with E-state index < -0.39 is 27.7 Å². The third-order valence-electron chi connectivity index (χ3n) is 3.97. The van der Waals surface area contributed by atoms with Crippen molar-refractivity contribution in [3.05, 3.63) is 29.8 Å². The van der Waals surface area contributed by atoms with Gasteiger partial charge in [-0.2, -0.15) is 4.31 Å². The van der Waals surface area contributed by atoms with Crippen LogP contribution in [-0.4, -0.2) is 68.2 Å². The van der Waals surface area contributed by atoms with E-state index >= 15 is 0 Å². The molecule has 2 rings (SSSR count). The van der Waals surface area contributed by atoms with Crippen molar-refractivity contribution in [2.24, 2.45) is 0 Å². The molecule has 1 aliphatic heterocycles. The van der Waals surface area contributed by atoms with E-state index in [0.717, 1.165) is 11.3 Å². The lowest BCUT2D eigenvalue weighted by Crippen LogP contribution is -2.50. The van der Waals surface area contributed by atoms with Crippen molar-refractivity contribution in [2.45, 2.75) is 13.3 Å². The number of anilines is 1. The molecule has 1 aromatic rings. The van der Waals surface area contributed by atoms with E-state index in [4.69, 9.17) is 5.11 Å². The lowest BCUT2D eigenvalue weighted by atomic mass is 10.2. The molecule has 1 saturated heterocycles. The van der Waals surface area contributed by atoms with Crippen molar-refractivity contribution in [2.75, 3.05) is 43.4 Å². The Bertz CT molecular complexity index is 727. The largest absolute Gasteiger partial charge is 0.481 e. The molecule has 0 unspecified atom stereocenters. The summed E-state index contributed by atoms with van der Waals surface area (Å²) in [6.45, 7) is 3.68. The lowest BCUT2D eigenvalue weighted by Gasteiger charge is -2.35. The molecule has 0 aliphatic carbocycles. The predicted molar refractivity (Wildman–Crippen MR) is 94.0 cm³/mol. The zero-order valence-corrected chi connectivity index (χ0v) is 15.0. The van der Waals surface area contributed by atoms with Crippen LogP contribution in [0.2, 0.25) is 0 Å². The van der Waals surface area contributed by atoms with Crippen LogP contribution in [0, 0.1) is 6.92 Å². The molecule has 2 N–H and O–H groups in total. The van der Waals surface area contributed by atoms with Gasteiger partial charge in [0, 0.05) is 38.4 Å². The van der Waals surface area contributed by atoms with Crippen molar-refractivity contribution < 1.29 is 23.1 Å². The Morgan fingerprint density at radius 1 is 1.20 bits per heavy atom. The molecule has 0 saturated carbocycles. The van der Waals surface area contributed by atoms with Crippen LogP contribution in [0.15, 0.2) is 24.3 Å². The van der Waals surface area contributed by atoms with Gasteiger partial charge >= 0.3 is 5.97 Å². The first-order valence-corrected chi connectivity index (χ1v) is 9.67. The van der Waals surface area contributed by atoms with Crippen molar-refractivity contribution in [1.29, 1.82) is 0 Å². The topological polar surface area (TPSA) is 107 Å². The molecular weight excluding hydrogens is 346 g/mol. The van der Waals surface area contributed by atoms with E-state index in [1.165, 1.54) is 4.31 Å². The molecule has 9 heteroatoms. The maximum absolute atomic E-state index is 12.3. The molecule has 0 radical (unpaired) electrons. The molecule has 0 spiro atoms. The second kappa shape index (κ2) is 8.30. The number of amides is 1. The number of carbonyl (C=O) groups is 2. The van der Waals surface area contributed by atoms with Crippen LogP contribution in [0.5, 0.6) is 0 Å². The van der Waals surface area contributed by atoms with Gasteiger partial charge in [-0.3, -0.25) is 9.59 Å². The summed E-state index contributed by atoms with van der Waals surface area (Å²) >= 11 is 0. The number of carboxylic acids is 1. The number of aryl methyl sites for hydroxylation is 1. The predicted octanol–water partition coefficient (Wildman–Crippen LogP) is 0.0377. The minimum absolute atomic E-state index is 0.0785. The molecule has 1 amide bonds. The highest BCUT2D eigenvalue weighted by Gasteiger charge is 2.29. The molecule has 8 nitrogen and oxygen atoms in total. The maximum Gasteiger partial charge on any atom is 0.305 e. The second-order valence-corrected chi connectivity index (χ2v) is 7.94. The van der Waals surface area contributed by atoms with Crippen molar-refractivity contribution in [1.82, 2.24) is 9.62 Å². The Hall–Kier alpha value is -2.13. The normalized spacial score (nSPS) is 15.8. The number of carboxylic acid groups (broad SMARTS) is 1. The number of nitrogens with zero attached hydrogens (tertiary/aromatic N) is 2. The van der Waals surface area contributed by atoms with Gasteiger partial charge in [-0.25, -0.2) is 8.42 Å². The average Bonchev–Trinajstić information content (AvgIpc) is 2.54. The van der Waals surface area contributed by atoms with Crippen molar-refractivity contribution in [3.8, 4) is 0 Å². The smallest absolute Gasteiger partial charge is 0.305 e. The van der Waals surface area contributed by atoms with E-state index in [2.05, 4.69) is 16.3 Å².